The lowest BCUT2D eigenvalue weighted by Crippen LogP contribution is -2.39. The maximum absolute atomic E-state index is 13.9. The van der Waals surface area contributed by atoms with Crippen LogP contribution in [0.4, 0.5) is 0 Å². The van der Waals surface area contributed by atoms with Crippen LogP contribution in [0.5, 0.6) is 11.5 Å². The predicted molar refractivity (Wildman–Crippen MR) is 162 cm³/mol. The van der Waals surface area contributed by atoms with Crippen LogP contribution in [0.15, 0.2) is 87.1 Å². The van der Waals surface area contributed by atoms with Crippen molar-refractivity contribution in [3.8, 4) is 11.5 Å². The Morgan fingerprint density at radius 1 is 1.10 bits per heavy atom. The van der Waals surface area contributed by atoms with Gasteiger partial charge in [-0.2, -0.15) is 0 Å². The molecule has 0 saturated carbocycles. The van der Waals surface area contributed by atoms with E-state index in [0.717, 1.165) is 16.9 Å². The number of fused-ring (bicyclic) bond motifs is 1. The van der Waals surface area contributed by atoms with Crippen molar-refractivity contribution in [2.24, 2.45) is 10.9 Å². The Kier molecular flexibility index (Phi) is 8.85. The molecule has 2 aromatic heterocycles. The topological polar surface area (TPSA) is 79.1 Å². The molecule has 1 aliphatic heterocycles. The Bertz CT molecular complexity index is 1730. The molecular weight excluding hydrogens is 556 g/mol. The quantitative estimate of drug-likeness (QED) is 0.230. The van der Waals surface area contributed by atoms with E-state index in [1.165, 1.54) is 11.3 Å². The highest BCUT2D eigenvalue weighted by atomic mass is 32.1. The molecule has 212 valence electrons. The Hall–Kier alpha value is -3.95. The molecule has 0 fully saturated rings. The second-order valence-corrected chi connectivity index (χ2v) is 12.1. The molecule has 1 unspecified atom stereocenters. The summed E-state index contributed by atoms with van der Waals surface area (Å²) in [6.45, 7) is 6.74. The zero-order chi connectivity index (χ0) is 28.9. The molecule has 0 spiro atoms. The van der Waals surface area contributed by atoms with Gasteiger partial charge in [-0.25, -0.2) is 9.79 Å². The number of carbonyl (C=O) groups excluding carboxylic acids is 1. The maximum Gasteiger partial charge on any atom is 0.338 e. The van der Waals surface area contributed by atoms with Gasteiger partial charge in [0.2, 0.25) is 0 Å². The van der Waals surface area contributed by atoms with Crippen LogP contribution in [0.3, 0.4) is 0 Å². The number of methoxy groups -OCH3 is 1. The fourth-order valence-corrected chi connectivity index (χ4v) is 6.35. The number of benzene rings is 2. The summed E-state index contributed by atoms with van der Waals surface area (Å²) in [5.74, 6) is 1.12. The molecule has 0 radical (unpaired) electrons. The number of carbonyl (C=O) groups is 1. The number of esters is 1. The monoisotopic (exact) mass is 588 g/mol. The molecule has 1 aliphatic rings. The molecule has 41 heavy (non-hydrogen) atoms. The molecule has 1 atom stereocenters. The van der Waals surface area contributed by atoms with E-state index in [1.807, 2.05) is 72.1 Å². The number of rotatable bonds is 10. The van der Waals surface area contributed by atoms with E-state index in [4.69, 9.17) is 19.2 Å². The summed E-state index contributed by atoms with van der Waals surface area (Å²) in [7, 11) is 1.58. The van der Waals surface area contributed by atoms with Crippen LogP contribution in [0.1, 0.15) is 49.2 Å². The molecule has 4 aromatic rings. The van der Waals surface area contributed by atoms with Gasteiger partial charge in [0.25, 0.3) is 5.56 Å². The fraction of sp³-hybridized carbons (Fsp3) is 0.281. The molecule has 5 rings (SSSR count). The van der Waals surface area contributed by atoms with Gasteiger partial charge in [0.15, 0.2) is 16.3 Å². The second kappa shape index (κ2) is 12.7. The smallest absolute Gasteiger partial charge is 0.338 e. The predicted octanol–water partition coefficient (Wildman–Crippen LogP) is 5.47. The minimum atomic E-state index is -0.751. The first-order chi connectivity index (χ1) is 19.9. The number of allylic oxidation sites excluding steroid dienone is 1. The van der Waals surface area contributed by atoms with E-state index >= 15 is 0 Å². The zero-order valence-electron chi connectivity index (χ0n) is 23.5. The summed E-state index contributed by atoms with van der Waals surface area (Å²) >= 11 is 2.86. The van der Waals surface area contributed by atoms with Crippen molar-refractivity contribution in [3.05, 3.63) is 113 Å². The van der Waals surface area contributed by atoms with Crippen LogP contribution in [-0.2, 0) is 16.1 Å². The summed E-state index contributed by atoms with van der Waals surface area (Å²) in [6, 6.07) is 18.2. The second-order valence-electron chi connectivity index (χ2n) is 10.1. The van der Waals surface area contributed by atoms with Crippen LogP contribution in [0.25, 0.3) is 6.08 Å². The molecule has 0 amide bonds. The number of hydrogen-bond donors (Lipinski definition) is 0. The Labute approximate surface area is 246 Å². The number of thiophene rings is 1. The summed E-state index contributed by atoms with van der Waals surface area (Å²) in [4.78, 5) is 33.7. The molecule has 0 N–H and O–H groups in total. The first-order valence-corrected chi connectivity index (χ1v) is 15.1. The lowest BCUT2D eigenvalue weighted by Gasteiger charge is -2.25. The highest BCUT2D eigenvalue weighted by Gasteiger charge is 2.34. The fourth-order valence-electron chi connectivity index (χ4n) is 4.58. The summed E-state index contributed by atoms with van der Waals surface area (Å²) in [5, 5.41) is 1.97. The van der Waals surface area contributed by atoms with Gasteiger partial charge in [-0.05, 0) is 60.0 Å². The van der Waals surface area contributed by atoms with E-state index in [2.05, 4.69) is 13.8 Å². The van der Waals surface area contributed by atoms with Crippen molar-refractivity contribution >= 4 is 34.7 Å². The lowest BCUT2D eigenvalue weighted by atomic mass is 9.95. The average molecular weight is 589 g/mol. The molecule has 7 nitrogen and oxygen atoms in total. The van der Waals surface area contributed by atoms with E-state index < -0.39 is 12.0 Å². The van der Waals surface area contributed by atoms with Crippen molar-refractivity contribution in [3.63, 3.8) is 0 Å². The van der Waals surface area contributed by atoms with Gasteiger partial charge >= 0.3 is 5.97 Å². The minimum Gasteiger partial charge on any atom is -0.493 e. The third-order valence-corrected chi connectivity index (χ3v) is 8.53. The van der Waals surface area contributed by atoms with Crippen LogP contribution in [-0.4, -0.2) is 24.3 Å². The van der Waals surface area contributed by atoms with Gasteiger partial charge in [-0.3, -0.25) is 9.36 Å². The molecule has 3 heterocycles. The largest absolute Gasteiger partial charge is 0.493 e. The van der Waals surface area contributed by atoms with E-state index in [1.54, 1.807) is 29.9 Å². The van der Waals surface area contributed by atoms with Gasteiger partial charge < -0.3 is 14.2 Å². The summed E-state index contributed by atoms with van der Waals surface area (Å²) in [6.07, 6.45) is 2.77. The van der Waals surface area contributed by atoms with Gasteiger partial charge in [0.05, 0.1) is 35.6 Å². The van der Waals surface area contributed by atoms with Crippen molar-refractivity contribution in [2.45, 2.75) is 39.8 Å². The third kappa shape index (κ3) is 6.36. The standard InChI is InChI=1S/C32H32N2O5S2/c1-20(2)14-15-38-25-13-12-23(17-26(25)37-4)29-28(31(36)39-19-22-9-6-5-7-10-22)21(3)33-32-34(29)30(35)27(41-32)18-24-11-8-16-40-24/h5-13,16-18,20,29H,14-15,19H2,1-4H3. The number of nitrogens with zero attached hydrogens (tertiary/aromatic N) is 2. The number of hydrogen-bond acceptors (Lipinski definition) is 8. The van der Waals surface area contributed by atoms with Crippen molar-refractivity contribution in [2.75, 3.05) is 13.7 Å². The normalized spacial score (nSPS) is 15.0. The van der Waals surface area contributed by atoms with Crippen molar-refractivity contribution in [1.29, 1.82) is 0 Å². The maximum atomic E-state index is 13.9. The first-order valence-electron chi connectivity index (χ1n) is 13.4. The van der Waals surface area contributed by atoms with Crippen LogP contribution < -0.4 is 24.4 Å². The lowest BCUT2D eigenvalue weighted by molar-refractivity contribution is -0.140. The zero-order valence-corrected chi connectivity index (χ0v) is 25.1. The number of ether oxygens (including phenoxy) is 3. The molecule has 0 aliphatic carbocycles. The highest BCUT2D eigenvalue weighted by Crippen LogP contribution is 2.36. The molecule has 2 aromatic carbocycles. The van der Waals surface area contributed by atoms with Gasteiger partial charge in [-0.15, -0.1) is 11.3 Å². The Morgan fingerprint density at radius 2 is 1.90 bits per heavy atom. The third-order valence-electron chi connectivity index (χ3n) is 6.73. The minimum absolute atomic E-state index is 0.109. The molecule has 0 bridgehead atoms. The van der Waals surface area contributed by atoms with Crippen molar-refractivity contribution < 1.29 is 19.0 Å². The van der Waals surface area contributed by atoms with Crippen molar-refractivity contribution in [1.82, 2.24) is 4.57 Å². The summed E-state index contributed by atoms with van der Waals surface area (Å²) in [5.41, 5.74) is 2.17. The van der Waals surface area contributed by atoms with E-state index in [9.17, 15) is 9.59 Å². The highest BCUT2D eigenvalue weighted by molar-refractivity contribution is 7.11. The molecular formula is C32H32N2O5S2. The first kappa shape index (κ1) is 28.6. The number of aromatic nitrogens is 1. The average Bonchev–Trinajstić information content (AvgIpc) is 3.59. The van der Waals surface area contributed by atoms with Crippen LogP contribution in [0, 0.1) is 5.92 Å². The van der Waals surface area contributed by atoms with Crippen LogP contribution in [0.2, 0.25) is 0 Å². The molecule has 9 heteroatoms. The Balaban J connectivity index is 1.59. The molecule has 0 saturated heterocycles. The van der Waals surface area contributed by atoms with E-state index in [-0.39, 0.29) is 12.2 Å². The van der Waals surface area contributed by atoms with Crippen LogP contribution >= 0.6 is 22.7 Å². The van der Waals surface area contributed by atoms with Gasteiger partial charge in [0, 0.05) is 4.88 Å². The SMILES string of the molecule is COc1cc(C2C(C(=O)OCc3ccccc3)=C(C)N=c3sc(=Cc4cccs4)c(=O)n32)ccc1OCCC(C)C. The Morgan fingerprint density at radius 3 is 2.61 bits per heavy atom. The summed E-state index contributed by atoms with van der Waals surface area (Å²) < 4.78 is 19.6. The number of thiazole rings is 1. The van der Waals surface area contributed by atoms with Gasteiger partial charge in [0.1, 0.15) is 6.61 Å². The van der Waals surface area contributed by atoms with Gasteiger partial charge in [-0.1, -0.05) is 67.6 Å². The van der Waals surface area contributed by atoms with E-state index in [0.29, 0.717) is 50.2 Å².